The van der Waals surface area contributed by atoms with Crippen molar-refractivity contribution in [2.75, 3.05) is 6.61 Å². The molecule has 84 valence electrons. The summed E-state index contributed by atoms with van der Waals surface area (Å²) < 4.78 is 0. The number of nitrogens with two attached hydrogens (primary N) is 1. The summed E-state index contributed by atoms with van der Waals surface area (Å²) in [5, 5.41) is 8.82. The molecule has 15 heavy (non-hydrogen) atoms. The Balaban J connectivity index is 0.00000196. The highest BCUT2D eigenvalue weighted by atomic mass is 35.5. The van der Waals surface area contributed by atoms with Crippen LogP contribution in [-0.2, 0) is 6.42 Å². The Labute approximate surface area is 95.7 Å². The molecule has 4 heteroatoms. The van der Waals surface area contributed by atoms with Crippen molar-refractivity contribution in [3.05, 3.63) is 35.4 Å². The van der Waals surface area contributed by atoms with Crippen molar-refractivity contribution in [3.63, 3.8) is 0 Å². The van der Waals surface area contributed by atoms with Gasteiger partial charge in [0, 0.05) is 11.6 Å². The van der Waals surface area contributed by atoms with Gasteiger partial charge in [-0.1, -0.05) is 24.3 Å². The van der Waals surface area contributed by atoms with Crippen molar-refractivity contribution in [2.24, 2.45) is 5.73 Å². The van der Waals surface area contributed by atoms with Crippen LogP contribution in [0.1, 0.15) is 22.8 Å². The zero-order valence-corrected chi connectivity index (χ0v) is 9.46. The van der Waals surface area contributed by atoms with Gasteiger partial charge in [0.1, 0.15) is 0 Å². The summed E-state index contributed by atoms with van der Waals surface area (Å²) in [5.74, 6) is 0.0331. The van der Waals surface area contributed by atoms with E-state index in [1.165, 1.54) is 6.92 Å². The second-order valence-electron chi connectivity index (χ2n) is 3.36. The number of hydrogen-bond acceptors (Lipinski definition) is 3. The molecule has 3 nitrogen and oxygen atoms in total. The van der Waals surface area contributed by atoms with E-state index in [2.05, 4.69) is 0 Å². The highest BCUT2D eigenvalue weighted by molar-refractivity contribution is 5.95. The van der Waals surface area contributed by atoms with Crippen molar-refractivity contribution in [3.8, 4) is 0 Å². The van der Waals surface area contributed by atoms with E-state index in [1.54, 1.807) is 6.07 Å². The minimum atomic E-state index is -0.296. The molecular weight excluding hydrogens is 214 g/mol. The Bertz CT molecular complexity index is 328. The number of benzene rings is 1. The molecule has 0 saturated carbocycles. The fourth-order valence-electron chi connectivity index (χ4n) is 1.39. The summed E-state index contributed by atoms with van der Waals surface area (Å²) in [6, 6.07) is 7.04. The standard InChI is InChI=1S/C11H15NO2.ClH/c1-8(14)11-5-3-2-4-9(11)6-10(12)7-13;/h2-5,10,13H,6-7,12H2,1H3;1H. The zero-order chi connectivity index (χ0) is 10.6. The van der Waals surface area contributed by atoms with E-state index < -0.39 is 0 Å². The van der Waals surface area contributed by atoms with Crippen LogP contribution in [-0.4, -0.2) is 23.5 Å². The summed E-state index contributed by atoms with van der Waals surface area (Å²) in [6.07, 6.45) is 0.534. The molecule has 0 aliphatic rings. The molecule has 1 unspecified atom stereocenters. The third kappa shape index (κ3) is 4.00. The first kappa shape index (κ1) is 14.1. The number of hydrogen-bond donors (Lipinski definition) is 2. The maximum absolute atomic E-state index is 11.2. The van der Waals surface area contributed by atoms with Crippen molar-refractivity contribution in [1.82, 2.24) is 0 Å². The third-order valence-electron chi connectivity index (χ3n) is 2.11. The average Bonchev–Trinajstić information content (AvgIpc) is 2.18. The number of Topliss-reactive ketones (excluding diaryl/α,β-unsaturated/α-hetero) is 1. The van der Waals surface area contributed by atoms with Gasteiger partial charge in [-0.3, -0.25) is 4.79 Å². The Morgan fingerprint density at radius 2 is 2.07 bits per heavy atom. The molecule has 1 atom stereocenters. The highest BCUT2D eigenvalue weighted by Crippen LogP contribution is 2.11. The number of halogens is 1. The lowest BCUT2D eigenvalue weighted by molar-refractivity contribution is 0.101. The van der Waals surface area contributed by atoms with Crippen LogP contribution in [0.25, 0.3) is 0 Å². The molecule has 0 aliphatic heterocycles. The van der Waals surface area contributed by atoms with Crippen molar-refractivity contribution >= 4 is 18.2 Å². The average molecular weight is 230 g/mol. The summed E-state index contributed by atoms with van der Waals surface area (Å²) in [7, 11) is 0. The van der Waals surface area contributed by atoms with Gasteiger partial charge >= 0.3 is 0 Å². The maximum Gasteiger partial charge on any atom is 0.160 e. The first-order valence-corrected chi connectivity index (χ1v) is 4.60. The van der Waals surface area contributed by atoms with Crippen LogP contribution in [0.3, 0.4) is 0 Å². The second kappa shape index (κ2) is 6.56. The molecule has 0 aromatic heterocycles. The molecule has 3 N–H and O–H groups in total. The topological polar surface area (TPSA) is 63.3 Å². The van der Waals surface area contributed by atoms with E-state index in [9.17, 15) is 4.79 Å². The number of carbonyl (C=O) groups is 1. The summed E-state index contributed by atoms with van der Waals surface area (Å²) in [5.41, 5.74) is 7.21. The number of aliphatic hydroxyl groups excluding tert-OH is 1. The van der Waals surface area contributed by atoms with Crippen molar-refractivity contribution < 1.29 is 9.90 Å². The van der Waals surface area contributed by atoms with E-state index in [4.69, 9.17) is 10.8 Å². The monoisotopic (exact) mass is 229 g/mol. The van der Waals surface area contributed by atoms with Gasteiger partial charge < -0.3 is 10.8 Å². The number of aliphatic hydroxyl groups is 1. The lowest BCUT2D eigenvalue weighted by atomic mass is 9.99. The molecule has 0 saturated heterocycles. The highest BCUT2D eigenvalue weighted by Gasteiger charge is 2.09. The molecule has 0 spiro atoms. The van der Waals surface area contributed by atoms with E-state index in [0.717, 1.165) is 5.56 Å². The first-order valence-electron chi connectivity index (χ1n) is 4.60. The second-order valence-corrected chi connectivity index (χ2v) is 3.36. The van der Waals surface area contributed by atoms with Crippen LogP contribution in [0, 0.1) is 0 Å². The SMILES string of the molecule is CC(=O)c1ccccc1CC(N)CO.Cl. The van der Waals surface area contributed by atoms with E-state index in [0.29, 0.717) is 12.0 Å². The molecule has 0 bridgehead atoms. The van der Waals surface area contributed by atoms with Crippen LogP contribution in [0.4, 0.5) is 0 Å². The van der Waals surface area contributed by atoms with Gasteiger partial charge in [-0.05, 0) is 18.9 Å². The zero-order valence-electron chi connectivity index (χ0n) is 8.64. The van der Waals surface area contributed by atoms with E-state index >= 15 is 0 Å². The van der Waals surface area contributed by atoms with E-state index in [-0.39, 0.29) is 30.8 Å². The van der Waals surface area contributed by atoms with Crippen molar-refractivity contribution in [2.45, 2.75) is 19.4 Å². The minimum absolute atomic E-state index is 0. The normalized spacial score (nSPS) is 11.7. The minimum Gasteiger partial charge on any atom is -0.395 e. The predicted molar refractivity (Wildman–Crippen MR) is 62.5 cm³/mol. The Hall–Kier alpha value is -0.900. The summed E-state index contributed by atoms with van der Waals surface area (Å²) in [4.78, 5) is 11.2. The van der Waals surface area contributed by atoms with Crippen LogP contribution in [0.5, 0.6) is 0 Å². The van der Waals surface area contributed by atoms with Gasteiger partial charge in [0.2, 0.25) is 0 Å². The van der Waals surface area contributed by atoms with Gasteiger partial charge in [0.05, 0.1) is 6.61 Å². The quantitative estimate of drug-likeness (QED) is 0.762. The number of ketones is 1. The predicted octanol–water partition coefficient (Wildman–Crippen LogP) is 1.17. The molecule has 0 amide bonds. The van der Waals surface area contributed by atoms with Gasteiger partial charge in [-0.25, -0.2) is 0 Å². The van der Waals surface area contributed by atoms with Gasteiger partial charge in [0.25, 0.3) is 0 Å². The maximum atomic E-state index is 11.2. The fourth-order valence-corrected chi connectivity index (χ4v) is 1.39. The molecule has 0 fully saturated rings. The van der Waals surface area contributed by atoms with Crippen LogP contribution in [0.2, 0.25) is 0 Å². The van der Waals surface area contributed by atoms with Crippen LogP contribution < -0.4 is 5.73 Å². The molecule has 0 heterocycles. The fraction of sp³-hybridized carbons (Fsp3) is 0.364. The number of rotatable bonds is 4. The van der Waals surface area contributed by atoms with Crippen LogP contribution in [0.15, 0.2) is 24.3 Å². The summed E-state index contributed by atoms with van der Waals surface area (Å²) >= 11 is 0. The van der Waals surface area contributed by atoms with Gasteiger partial charge in [-0.15, -0.1) is 12.4 Å². The van der Waals surface area contributed by atoms with Crippen LogP contribution >= 0.6 is 12.4 Å². The van der Waals surface area contributed by atoms with Gasteiger partial charge in [0.15, 0.2) is 5.78 Å². The Morgan fingerprint density at radius 3 is 2.60 bits per heavy atom. The lowest BCUT2D eigenvalue weighted by Gasteiger charge is -2.10. The third-order valence-corrected chi connectivity index (χ3v) is 2.11. The Morgan fingerprint density at radius 1 is 1.47 bits per heavy atom. The number of carbonyl (C=O) groups excluding carboxylic acids is 1. The smallest absolute Gasteiger partial charge is 0.160 e. The van der Waals surface area contributed by atoms with Gasteiger partial charge in [-0.2, -0.15) is 0 Å². The molecule has 1 aromatic carbocycles. The first-order chi connectivity index (χ1) is 6.65. The summed E-state index contributed by atoms with van der Waals surface area (Å²) in [6.45, 7) is 1.47. The molecule has 1 aromatic rings. The molecule has 0 aliphatic carbocycles. The largest absolute Gasteiger partial charge is 0.395 e. The van der Waals surface area contributed by atoms with E-state index in [1.807, 2.05) is 18.2 Å². The lowest BCUT2D eigenvalue weighted by Crippen LogP contribution is -2.27. The molecular formula is C11H16ClNO2. The molecule has 1 rings (SSSR count). The Kier molecular flexibility index (Phi) is 6.17. The molecule has 0 radical (unpaired) electrons. The van der Waals surface area contributed by atoms with Crippen molar-refractivity contribution in [1.29, 1.82) is 0 Å².